The van der Waals surface area contributed by atoms with Gasteiger partial charge in [-0.05, 0) is 43.3 Å². The average Bonchev–Trinajstić information content (AvgIpc) is 2.70. The van der Waals surface area contributed by atoms with E-state index >= 15 is 0 Å². The highest BCUT2D eigenvalue weighted by Crippen LogP contribution is 2.29. The van der Waals surface area contributed by atoms with Crippen LogP contribution in [0.4, 0.5) is 0 Å². The molecule has 0 aliphatic rings. The third-order valence-electron chi connectivity index (χ3n) is 3.98. The lowest BCUT2D eigenvalue weighted by molar-refractivity contribution is 0.521. The van der Waals surface area contributed by atoms with Crippen molar-refractivity contribution in [3.63, 3.8) is 0 Å². The molecule has 0 saturated carbocycles. The van der Waals surface area contributed by atoms with E-state index in [0.29, 0.717) is 3.71 Å². The van der Waals surface area contributed by atoms with Gasteiger partial charge in [0, 0.05) is 4.90 Å². The topological polar surface area (TPSA) is 71.5 Å². The normalized spacial score (nSPS) is 12.2. The Bertz CT molecular complexity index is 1060. The van der Waals surface area contributed by atoms with Crippen molar-refractivity contribution in [2.75, 3.05) is 5.88 Å². The molecule has 5 nitrogen and oxygen atoms in total. The molecule has 0 unspecified atom stereocenters. The monoisotopic (exact) mass is 433 g/mol. The molecule has 0 N–H and O–H groups in total. The summed E-state index contributed by atoms with van der Waals surface area (Å²) in [5.74, 6) is -0.266. The molecule has 3 aromatic rings. The number of nitrogens with zero attached hydrogens (tertiary/aromatic N) is 1. The highest BCUT2D eigenvalue weighted by atomic mass is 32.3. The second kappa shape index (κ2) is 8.48. The van der Waals surface area contributed by atoms with Crippen LogP contribution in [-0.4, -0.2) is 26.4 Å². The first-order valence-electron chi connectivity index (χ1n) is 8.39. The van der Waals surface area contributed by atoms with Crippen LogP contribution in [0.1, 0.15) is 5.56 Å². The van der Waals surface area contributed by atoms with Gasteiger partial charge < -0.3 is 0 Å². The quantitative estimate of drug-likeness (QED) is 0.414. The number of sulfonamides is 2. The van der Waals surface area contributed by atoms with E-state index in [9.17, 15) is 16.8 Å². The summed E-state index contributed by atoms with van der Waals surface area (Å²) in [7, 11) is -8.52. The second-order valence-corrected chi connectivity index (χ2v) is 11.0. The van der Waals surface area contributed by atoms with E-state index in [1.165, 1.54) is 24.3 Å². The first kappa shape index (κ1) is 20.6. The Balaban J connectivity index is 2.02. The van der Waals surface area contributed by atoms with Crippen LogP contribution in [0.3, 0.4) is 0 Å². The van der Waals surface area contributed by atoms with Crippen molar-refractivity contribution >= 4 is 31.8 Å². The van der Waals surface area contributed by atoms with Crippen LogP contribution < -0.4 is 0 Å². The maximum atomic E-state index is 13.2. The van der Waals surface area contributed by atoms with Crippen LogP contribution in [-0.2, 0) is 20.0 Å². The lowest BCUT2D eigenvalue weighted by atomic mass is 10.2. The van der Waals surface area contributed by atoms with Gasteiger partial charge in [0.05, 0.1) is 15.7 Å². The van der Waals surface area contributed by atoms with E-state index in [1.807, 2.05) is 31.2 Å². The fraction of sp³-hybridized carbons (Fsp3) is 0.100. The second-order valence-electron chi connectivity index (χ2n) is 6.00. The summed E-state index contributed by atoms with van der Waals surface area (Å²) in [5.41, 5.74) is 1.06. The molecule has 0 aliphatic heterocycles. The Morgan fingerprint density at radius 3 is 1.54 bits per heavy atom. The number of benzene rings is 3. The SMILES string of the molecule is Cc1ccc(SCN(S(=O)(=O)c2ccccc2)S(=O)(=O)c2ccccc2)cc1. The fourth-order valence-electron chi connectivity index (χ4n) is 2.45. The largest absolute Gasteiger partial charge is 0.257 e. The van der Waals surface area contributed by atoms with Crippen LogP contribution in [0, 0.1) is 6.92 Å². The van der Waals surface area contributed by atoms with Crippen molar-refractivity contribution in [3.8, 4) is 0 Å². The molecular weight excluding hydrogens is 414 g/mol. The zero-order valence-electron chi connectivity index (χ0n) is 15.1. The lowest BCUT2D eigenvalue weighted by Gasteiger charge is -2.22. The maximum absolute atomic E-state index is 13.2. The predicted octanol–water partition coefficient (Wildman–Crippen LogP) is 4.12. The molecule has 0 aromatic heterocycles. The van der Waals surface area contributed by atoms with Gasteiger partial charge in [-0.3, -0.25) is 0 Å². The third-order valence-corrected chi connectivity index (χ3v) is 9.54. The number of thioether (sulfide) groups is 1. The Hall–Kier alpha value is -2.13. The molecule has 0 fully saturated rings. The molecule has 0 aliphatic carbocycles. The molecule has 8 heteroatoms. The molecule has 0 amide bonds. The van der Waals surface area contributed by atoms with Crippen molar-refractivity contribution in [1.29, 1.82) is 0 Å². The number of hydrogen-bond acceptors (Lipinski definition) is 5. The van der Waals surface area contributed by atoms with Crippen LogP contribution in [0.15, 0.2) is 99.6 Å². The van der Waals surface area contributed by atoms with E-state index in [-0.39, 0.29) is 15.7 Å². The van der Waals surface area contributed by atoms with Crippen LogP contribution in [0.5, 0.6) is 0 Å². The summed E-state index contributed by atoms with van der Waals surface area (Å²) in [6.07, 6.45) is 0. The Kier molecular flexibility index (Phi) is 6.24. The molecule has 28 heavy (non-hydrogen) atoms. The molecule has 3 aromatic carbocycles. The van der Waals surface area contributed by atoms with Gasteiger partial charge in [-0.1, -0.05) is 57.8 Å². The first-order valence-corrected chi connectivity index (χ1v) is 12.3. The van der Waals surface area contributed by atoms with E-state index in [2.05, 4.69) is 0 Å². The van der Waals surface area contributed by atoms with Crippen LogP contribution in [0.2, 0.25) is 0 Å². The first-order chi connectivity index (χ1) is 13.3. The number of hydrogen-bond donors (Lipinski definition) is 0. The van der Waals surface area contributed by atoms with Crippen molar-refractivity contribution in [2.24, 2.45) is 0 Å². The summed E-state index contributed by atoms with van der Waals surface area (Å²) < 4.78 is 53.2. The van der Waals surface area contributed by atoms with Crippen LogP contribution >= 0.6 is 11.8 Å². The van der Waals surface area contributed by atoms with Gasteiger partial charge in [-0.15, -0.1) is 11.8 Å². The Morgan fingerprint density at radius 2 is 1.11 bits per heavy atom. The highest BCUT2D eigenvalue weighted by Gasteiger charge is 2.36. The third kappa shape index (κ3) is 4.47. The zero-order valence-corrected chi connectivity index (χ0v) is 17.5. The van der Waals surface area contributed by atoms with Gasteiger partial charge in [0.1, 0.15) is 0 Å². The van der Waals surface area contributed by atoms with E-state index < -0.39 is 20.0 Å². The standard InChI is InChI=1S/C20H19NO4S3/c1-17-12-14-18(15-13-17)26-16-21(27(22,23)19-8-4-2-5-9-19)28(24,25)20-10-6-3-7-11-20/h2-15H,16H2,1H3. The predicted molar refractivity (Wildman–Crippen MR) is 111 cm³/mol. The molecule has 0 saturated heterocycles. The van der Waals surface area contributed by atoms with E-state index in [4.69, 9.17) is 0 Å². The van der Waals surface area contributed by atoms with Crippen molar-refractivity contribution in [3.05, 3.63) is 90.5 Å². The fourth-order valence-corrected chi connectivity index (χ4v) is 7.48. The molecule has 0 bridgehead atoms. The average molecular weight is 434 g/mol. The number of aryl methyl sites for hydroxylation is 1. The summed E-state index contributed by atoms with van der Waals surface area (Å²) in [4.78, 5) is 0.639. The molecule has 0 atom stereocenters. The minimum atomic E-state index is -4.26. The van der Waals surface area contributed by atoms with Gasteiger partial charge >= 0.3 is 0 Å². The minimum Gasteiger partial charge on any atom is -0.206 e. The Morgan fingerprint density at radius 1 is 0.679 bits per heavy atom. The van der Waals surface area contributed by atoms with E-state index in [1.54, 1.807) is 36.4 Å². The summed E-state index contributed by atoms with van der Waals surface area (Å²) in [6, 6.07) is 22.6. The lowest BCUT2D eigenvalue weighted by Crippen LogP contribution is -2.36. The van der Waals surface area contributed by atoms with Gasteiger partial charge in [0.2, 0.25) is 0 Å². The maximum Gasteiger partial charge on any atom is 0.257 e. The van der Waals surface area contributed by atoms with Crippen LogP contribution in [0.25, 0.3) is 0 Å². The van der Waals surface area contributed by atoms with Gasteiger partial charge in [-0.2, -0.15) is 0 Å². The molecule has 0 heterocycles. The van der Waals surface area contributed by atoms with E-state index in [0.717, 1.165) is 22.2 Å². The minimum absolute atomic E-state index is 0.0704. The van der Waals surface area contributed by atoms with Gasteiger partial charge in [0.15, 0.2) is 0 Å². The summed E-state index contributed by atoms with van der Waals surface area (Å²) >= 11 is 1.15. The highest BCUT2D eigenvalue weighted by molar-refractivity contribution is 8.06. The van der Waals surface area contributed by atoms with Crippen molar-refractivity contribution < 1.29 is 16.8 Å². The zero-order chi connectivity index (χ0) is 20.2. The smallest absolute Gasteiger partial charge is 0.206 e. The molecular formula is C20H19NO4S3. The van der Waals surface area contributed by atoms with Crippen molar-refractivity contribution in [1.82, 2.24) is 3.71 Å². The van der Waals surface area contributed by atoms with Crippen molar-refractivity contribution in [2.45, 2.75) is 21.6 Å². The molecule has 146 valence electrons. The van der Waals surface area contributed by atoms with Gasteiger partial charge in [-0.25, -0.2) is 16.8 Å². The molecule has 0 spiro atoms. The van der Waals surface area contributed by atoms with Gasteiger partial charge in [0.25, 0.3) is 20.0 Å². The molecule has 0 radical (unpaired) electrons. The molecule has 3 rings (SSSR count). The Labute approximate surface area is 170 Å². The summed E-state index contributed by atoms with van der Waals surface area (Å²) in [5, 5.41) is 0. The number of rotatable bonds is 7. The summed E-state index contributed by atoms with van der Waals surface area (Å²) in [6.45, 7) is 1.94.